The molecule has 2 aromatic heterocycles. The van der Waals surface area contributed by atoms with Gasteiger partial charge in [-0.2, -0.15) is 0 Å². The maximum atomic E-state index is 9.02. The molecule has 0 aliphatic rings. The number of nitrogens with zero attached hydrogens (tertiary/aromatic N) is 2. The molecular weight excluding hydrogens is 196 g/mol. The van der Waals surface area contributed by atoms with Crippen LogP contribution >= 0.6 is 11.3 Å². The van der Waals surface area contributed by atoms with Crippen molar-refractivity contribution >= 4 is 21.6 Å². The molecule has 0 aromatic carbocycles. The van der Waals surface area contributed by atoms with Crippen molar-refractivity contribution in [1.82, 2.24) is 9.97 Å². The van der Waals surface area contributed by atoms with Crippen LogP contribution in [0.15, 0.2) is 17.8 Å². The van der Waals surface area contributed by atoms with E-state index in [-0.39, 0.29) is 0 Å². The number of hydrogen-bond acceptors (Lipinski definition) is 4. The van der Waals surface area contributed by atoms with Crippen LogP contribution in [0, 0.1) is 11.8 Å². The highest BCUT2D eigenvalue weighted by Crippen LogP contribution is 2.20. The third kappa shape index (κ3) is 1.74. The van der Waals surface area contributed by atoms with Gasteiger partial charge < -0.3 is 5.11 Å². The van der Waals surface area contributed by atoms with Gasteiger partial charge in [0.05, 0.1) is 10.2 Å². The molecule has 0 fully saturated rings. The fraction of sp³-hybridized carbons (Fsp3) is 0.200. The van der Waals surface area contributed by atoms with Gasteiger partial charge in [0.1, 0.15) is 18.1 Å². The summed E-state index contributed by atoms with van der Waals surface area (Å²) in [4.78, 5) is 8.16. The highest BCUT2D eigenvalue weighted by Gasteiger charge is 2.01. The standard InChI is InChI=1S/C10H8N2OS/c1-7(13)2-3-8-10-9(4-5-14-10)12-6-11-8/h4-7,13H,1H3/t7-/m0/s1. The lowest BCUT2D eigenvalue weighted by atomic mass is 10.3. The van der Waals surface area contributed by atoms with Gasteiger partial charge in [0, 0.05) is 0 Å². The molecule has 4 heteroatoms. The molecular formula is C10H8N2OS. The molecule has 0 radical (unpaired) electrons. The van der Waals surface area contributed by atoms with Crippen LogP contribution in [0.2, 0.25) is 0 Å². The normalized spacial score (nSPS) is 12.1. The van der Waals surface area contributed by atoms with Crippen molar-refractivity contribution in [3.05, 3.63) is 23.5 Å². The van der Waals surface area contributed by atoms with Crippen molar-refractivity contribution in [2.45, 2.75) is 13.0 Å². The zero-order valence-corrected chi connectivity index (χ0v) is 8.38. The molecule has 14 heavy (non-hydrogen) atoms. The van der Waals surface area contributed by atoms with E-state index in [1.165, 1.54) is 6.33 Å². The minimum atomic E-state index is -0.625. The number of aliphatic hydroxyl groups is 1. The van der Waals surface area contributed by atoms with E-state index in [1.807, 2.05) is 11.4 Å². The average Bonchev–Trinajstić information content (AvgIpc) is 2.62. The molecule has 0 bridgehead atoms. The first-order valence-corrected chi connectivity index (χ1v) is 5.03. The van der Waals surface area contributed by atoms with Crippen molar-refractivity contribution < 1.29 is 5.11 Å². The summed E-state index contributed by atoms with van der Waals surface area (Å²) in [5, 5.41) is 11.0. The number of aromatic nitrogens is 2. The van der Waals surface area contributed by atoms with Gasteiger partial charge in [-0.3, -0.25) is 0 Å². The van der Waals surface area contributed by atoms with Crippen LogP contribution in [0.1, 0.15) is 12.6 Å². The van der Waals surface area contributed by atoms with E-state index in [4.69, 9.17) is 5.11 Å². The highest BCUT2D eigenvalue weighted by atomic mass is 32.1. The van der Waals surface area contributed by atoms with Gasteiger partial charge in [-0.25, -0.2) is 9.97 Å². The van der Waals surface area contributed by atoms with Crippen LogP contribution < -0.4 is 0 Å². The summed E-state index contributed by atoms with van der Waals surface area (Å²) in [5.74, 6) is 5.50. The Morgan fingerprint density at radius 3 is 3.14 bits per heavy atom. The molecule has 0 saturated heterocycles. The molecule has 0 aliphatic carbocycles. The number of thiophene rings is 1. The Hall–Kier alpha value is -1.44. The fourth-order valence-electron chi connectivity index (χ4n) is 1.05. The molecule has 0 unspecified atom stereocenters. The zero-order chi connectivity index (χ0) is 9.97. The van der Waals surface area contributed by atoms with Gasteiger partial charge in [0.2, 0.25) is 0 Å². The van der Waals surface area contributed by atoms with Crippen LogP contribution in [0.4, 0.5) is 0 Å². The maximum absolute atomic E-state index is 9.02. The average molecular weight is 204 g/mol. The maximum Gasteiger partial charge on any atom is 0.134 e. The number of fused-ring (bicyclic) bond motifs is 1. The van der Waals surface area contributed by atoms with E-state index in [0.29, 0.717) is 5.69 Å². The van der Waals surface area contributed by atoms with Gasteiger partial charge in [0.15, 0.2) is 0 Å². The second-order valence-electron chi connectivity index (χ2n) is 2.80. The van der Waals surface area contributed by atoms with Gasteiger partial charge in [-0.15, -0.1) is 11.3 Å². The van der Waals surface area contributed by atoms with Crippen LogP contribution in [0.3, 0.4) is 0 Å². The van der Waals surface area contributed by atoms with Crippen LogP contribution in [0.5, 0.6) is 0 Å². The molecule has 0 saturated carbocycles. The quantitative estimate of drug-likeness (QED) is 0.660. The second-order valence-corrected chi connectivity index (χ2v) is 3.72. The Kier molecular flexibility index (Phi) is 2.44. The summed E-state index contributed by atoms with van der Waals surface area (Å²) in [5.41, 5.74) is 1.59. The van der Waals surface area contributed by atoms with Crippen molar-refractivity contribution in [3.8, 4) is 11.8 Å². The van der Waals surface area contributed by atoms with Crippen molar-refractivity contribution in [1.29, 1.82) is 0 Å². The third-order valence-corrected chi connectivity index (χ3v) is 2.55. The molecule has 3 nitrogen and oxygen atoms in total. The predicted octanol–water partition coefficient (Wildman–Crippen LogP) is 1.42. The van der Waals surface area contributed by atoms with E-state index >= 15 is 0 Å². The van der Waals surface area contributed by atoms with Gasteiger partial charge in [-0.1, -0.05) is 5.92 Å². The molecule has 2 heterocycles. The molecule has 1 N–H and O–H groups in total. The molecule has 0 amide bonds. The number of hydrogen-bond donors (Lipinski definition) is 1. The Labute approximate surface area is 85.4 Å². The highest BCUT2D eigenvalue weighted by molar-refractivity contribution is 7.17. The predicted molar refractivity (Wildman–Crippen MR) is 56.0 cm³/mol. The van der Waals surface area contributed by atoms with Gasteiger partial charge in [-0.05, 0) is 24.3 Å². The van der Waals surface area contributed by atoms with Crippen LogP contribution in [-0.4, -0.2) is 21.2 Å². The lowest BCUT2D eigenvalue weighted by Crippen LogP contribution is -1.93. The van der Waals surface area contributed by atoms with E-state index < -0.39 is 6.10 Å². The molecule has 1 atom stereocenters. The summed E-state index contributed by atoms with van der Waals surface area (Å²) in [6, 6.07) is 1.93. The third-order valence-electron chi connectivity index (χ3n) is 1.64. The minimum Gasteiger partial charge on any atom is -0.381 e. The summed E-state index contributed by atoms with van der Waals surface area (Å²) in [6.45, 7) is 1.62. The minimum absolute atomic E-state index is 0.625. The Morgan fingerprint density at radius 2 is 2.36 bits per heavy atom. The Bertz CT molecular complexity index is 507. The van der Waals surface area contributed by atoms with Crippen molar-refractivity contribution in [2.75, 3.05) is 0 Å². The van der Waals surface area contributed by atoms with Crippen molar-refractivity contribution in [3.63, 3.8) is 0 Å². The number of aliphatic hydroxyl groups excluding tert-OH is 1. The van der Waals surface area contributed by atoms with Gasteiger partial charge >= 0.3 is 0 Å². The monoisotopic (exact) mass is 204 g/mol. The summed E-state index contributed by atoms with van der Waals surface area (Å²) in [7, 11) is 0. The van der Waals surface area contributed by atoms with Crippen LogP contribution in [0.25, 0.3) is 10.2 Å². The second kappa shape index (κ2) is 3.74. The lowest BCUT2D eigenvalue weighted by molar-refractivity contribution is 0.253. The zero-order valence-electron chi connectivity index (χ0n) is 7.56. The fourth-order valence-corrected chi connectivity index (χ4v) is 1.84. The summed E-state index contributed by atoms with van der Waals surface area (Å²) in [6.07, 6.45) is 0.862. The van der Waals surface area contributed by atoms with Crippen molar-refractivity contribution in [2.24, 2.45) is 0 Å². The molecule has 2 rings (SSSR count). The Morgan fingerprint density at radius 1 is 1.50 bits per heavy atom. The first-order valence-electron chi connectivity index (χ1n) is 4.15. The molecule has 70 valence electrons. The molecule has 2 aromatic rings. The van der Waals surface area contributed by atoms with Gasteiger partial charge in [0.25, 0.3) is 0 Å². The number of rotatable bonds is 0. The summed E-state index contributed by atoms with van der Waals surface area (Å²) < 4.78 is 0.973. The molecule has 0 spiro atoms. The first kappa shape index (κ1) is 9.13. The topological polar surface area (TPSA) is 46.0 Å². The smallest absolute Gasteiger partial charge is 0.134 e. The van der Waals surface area contributed by atoms with E-state index in [0.717, 1.165) is 10.2 Å². The largest absolute Gasteiger partial charge is 0.381 e. The lowest BCUT2D eigenvalue weighted by Gasteiger charge is -1.92. The first-order chi connectivity index (χ1) is 6.77. The Balaban J connectivity index is 2.53. The van der Waals surface area contributed by atoms with E-state index in [2.05, 4.69) is 21.8 Å². The van der Waals surface area contributed by atoms with Crippen LogP contribution in [-0.2, 0) is 0 Å². The molecule has 0 aliphatic heterocycles. The summed E-state index contributed by atoms with van der Waals surface area (Å²) >= 11 is 1.56. The van der Waals surface area contributed by atoms with E-state index in [9.17, 15) is 0 Å². The van der Waals surface area contributed by atoms with E-state index in [1.54, 1.807) is 18.3 Å². The SMILES string of the molecule is C[C@H](O)C#Cc1ncnc2ccsc12.